The van der Waals surface area contributed by atoms with Gasteiger partial charge in [-0.05, 0) is 25.6 Å². The molecule has 2 N–H and O–H groups in total. The van der Waals surface area contributed by atoms with Crippen molar-refractivity contribution in [2.24, 2.45) is 5.73 Å². The highest BCUT2D eigenvalue weighted by Crippen LogP contribution is 2.32. The van der Waals surface area contributed by atoms with Crippen LogP contribution in [0.15, 0.2) is 24.3 Å². The van der Waals surface area contributed by atoms with E-state index in [4.69, 9.17) is 5.73 Å². The lowest BCUT2D eigenvalue weighted by Crippen LogP contribution is -2.40. The van der Waals surface area contributed by atoms with Crippen LogP contribution in [-0.4, -0.2) is 23.9 Å². The lowest BCUT2D eigenvalue weighted by atomic mass is 10.1. The second-order valence-electron chi connectivity index (χ2n) is 4.15. The van der Waals surface area contributed by atoms with E-state index in [9.17, 15) is 18.0 Å². The number of primary amides is 1. The molecule has 1 rings (SSSR count). The molecular weight excluding hydrogens is 245 g/mol. The van der Waals surface area contributed by atoms with Crippen molar-refractivity contribution in [3.8, 4) is 0 Å². The van der Waals surface area contributed by atoms with Crippen LogP contribution >= 0.6 is 0 Å². The van der Waals surface area contributed by atoms with E-state index >= 15 is 0 Å². The molecule has 1 amide bonds. The molecule has 0 bridgehead atoms. The van der Waals surface area contributed by atoms with Gasteiger partial charge in [-0.3, -0.25) is 9.69 Å². The number of hydrogen-bond acceptors (Lipinski definition) is 2. The Morgan fingerprint density at radius 2 is 1.94 bits per heavy atom. The smallest absolute Gasteiger partial charge is 0.368 e. The van der Waals surface area contributed by atoms with Gasteiger partial charge in [0.1, 0.15) is 0 Å². The Labute approximate surface area is 103 Å². The number of nitrogens with two attached hydrogens (primary N) is 1. The average Bonchev–Trinajstić information content (AvgIpc) is 2.27. The van der Waals surface area contributed by atoms with Crippen LogP contribution in [0, 0.1) is 0 Å². The molecule has 0 heterocycles. The molecule has 0 radical (unpaired) electrons. The summed E-state index contributed by atoms with van der Waals surface area (Å²) in [6.45, 7) is 1.57. The van der Waals surface area contributed by atoms with Crippen molar-refractivity contribution in [1.29, 1.82) is 0 Å². The molecule has 18 heavy (non-hydrogen) atoms. The van der Waals surface area contributed by atoms with E-state index in [2.05, 4.69) is 0 Å². The van der Waals surface area contributed by atoms with Gasteiger partial charge < -0.3 is 5.73 Å². The Balaban J connectivity index is 2.95. The number of halogens is 3. The van der Waals surface area contributed by atoms with Crippen LogP contribution in [0.25, 0.3) is 0 Å². The van der Waals surface area contributed by atoms with Crippen molar-refractivity contribution in [3.63, 3.8) is 0 Å². The lowest BCUT2D eigenvalue weighted by Gasteiger charge is -2.23. The number of nitrogens with zero attached hydrogens (tertiary/aromatic N) is 1. The minimum atomic E-state index is -4.40. The van der Waals surface area contributed by atoms with Crippen LogP contribution in [0.1, 0.15) is 18.1 Å². The van der Waals surface area contributed by atoms with Gasteiger partial charge in [0.25, 0.3) is 0 Å². The topological polar surface area (TPSA) is 46.3 Å². The highest BCUT2D eigenvalue weighted by Gasteiger charge is 2.33. The highest BCUT2D eigenvalue weighted by molar-refractivity contribution is 5.79. The normalized spacial score (nSPS) is 13.7. The largest absolute Gasteiger partial charge is 0.416 e. The van der Waals surface area contributed by atoms with Crippen LogP contribution in [0.3, 0.4) is 0 Å². The molecule has 1 aromatic carbocycles. The van der Waals surface area contributed by atoms with Crippen LogP contribution in [0.5, 0.6) is 0 Å². The minimum absolute atomic E-state index is 0.0137. The van der Waals surface area contributed by atoms with E-state index in [-0.39, 0.29) is 12.1 Å². The van der Waals surface area contributed by atoms with Crippen LogP contribution in [-0.2, 0) is 17.5 Å². The number of amides is 1. The molecule has 0 unspecified atom stereocenters. The van der Waals surface area contributed by atoms with Gasteiger partial charge in [0.05, 0.1) is 11.6 Å². The van der Waals surface area contributed by atoms with Gasteiger partial charge in [-0.1, -0.05) is 18.2 Å². The molecule has 0 saturated heterocycles. The zero-order valence-corrected chi connectivity index (χ0v) is 10.2. The first-order valence-electron chi connectivity index (χ1n) is 5.38. The number of alkyl halides is 3. The average molecular weight is 260 g/mol. The maximum atomic E-state index is 12.7. The summed E-state index contributed by atoms with van der Waals surface area (Å²) in [5.74, 6) is -0.568. The first-order valence-corrected chi connectivity index (χ1v) is 5.38. The number of benzene rings is 1. The van der Waals surface area contributed by atoms with Crippen LogP contribution in [0.4, 0.5) is 13.2 Å². The van der Waals surface area contributed by atoms with Gasteiger partial charge in [0.15, 0.2) is 0 Å². The Morgan fingerprint density at radius 3 is 2.44 bits per heavy atom. The molecule has 1 aromatic rings. The quantitative estimate of drug-likeness (QED) is 0.900. The monoisotopic (exact) mass is 260 g/mol. The number of carbonyl (C=O) groups is 1. The Morgan fingerprint density at radius 1 is 1.39 bits per heavy atom. The van der Waals surface area contributed by atoms with Crippen molar-refractivity contribution in [3.05, 3.63) is 35.4 Å². The van der Waals surface area contributed by atoms with Gasteiger partial charge in [0.2, 0.25) is 5.91 Å². The first kappa shape index (κ1) is 14.5. The van der Waals surface area contributed by atoms with Gasteiger partial charge in [-0.2, -0.15) is 13.2 Å². The molecule has 1 atom stereocenters. The number of likely N-dealkylation sites (N-methyl/N-ethyl adjacent to an activating group) is 1. The zero-order valence-electron chi connectivity index (χ0n) is 10.2. The van der Waals surface area contributed by atoms with E-state index < -0.39 is 23.7 Å². The van der Waals surface area contributed by atoms with Crippen molar-refractivity contribution in [1.82, 2.24) is 4.90 Å². The Bertz CT molecular complexity index is 432. The second kappa shape index (κ2) is 5.39. The Kier molecular flexibility index (Phi) is 4.34. The molecule has 0 aliphatic heterocycles. The summed E-state index contributed by atoms with van der Waals surface area (Å²) in [5, 5.41) is 0. The summed E-state index contributed by atoms with van der Waals surface area (Å²) >= 11 is 0. The van der Waals surface area contributed by atoms with E-state index in [0.717, 1.165) is 6.07 Å². The summed E-state index contributed by atoms with van der Waals surface area (Å²) in [6, 6.07) is 4.67. The summed E-state index contributed by atoms with van der Waals surface area (Å²) < 4.78 is 38.2. The third-order valence-electron chi connectivity index (χ3n) is 2.82. The fourth-order valence-electron chi connectivity index (χ4n) is 1.56. The number of carbonyl (C=O) groups excluding carboxylic acids is 1. The molecular formula is C12H15F3N2O. The van der Waals surface area contributed by atoms with Gasteiger partial charge in [0, 0.05) is 6.54 Å². The van der Waals surface area contributed by atoms with E-state index in [0.29, 0.717) is 0 Å². The molecule has 0 aromatic heterocycles. The van der Waals surface area contributed by atoms with Crippen LogP contribution in [0.2, 0.25) is 0 Å². The predicted molar refractivity (Wildman–Crippen MR) is 61.6 cm³/mol. The SMILES string of the molecule is C[C@H](C(N)=O)N(C)Cc1ccccc1C(F)(F)F. The van der Waals surface area contributed by atoms with Gasteiger partial charge in [-0.25, -0.2) is 0 Å². The molecule has 100 valence electrons. The number of rotatable bonds is 4. The van der Waals surface area contributed by atoms with Crippen molar-refractivity contribution < 1.29 is 18.0 Å². The number of hydrogen-bond donors (Lipinski definition) is 1. The maximum absolute atomic E-state index is 12.7. The molecule has 0 aliphatic carbocycles. The molecule has 6 heteroatoms. The third-order valence-corrected chi connectivity index (χ3v) is 2.82. The molecule has 0 aliphatic rings. The molecule has 0 fully saturated rings. The van der Waals surface area contributed by atoms with Crippen molar-refractivity contribution in [2.75, 3.05) is 7.05 Å². The Hall–Kier alpha value is -1.56. The summed E-state index contributed by atoms with van der Waals surface area (Å²) in [5.41, 5.74) is 4.55. The van der Waals surface area contributed by atoms with Gasteiger partial charge >= 0.3 is 6.18 Å². The zero-order chi connectivity index (χ0) is 13.9. The molecule has 0 spiro atoms. The van der Waals surface area contributed by atoms with E-state index in [1.807, 2.05) is 0 Å². The van der Waals surface area contributed by atoms with Crippen molar-refractivity contribution in [2.45, 2.75) is 25.7 Å². The van der Waals surface area contributed by atoms with E-state index in [1.165, 1.54) is 23.1 Å². The third kappa shape index (κ3) is 3.46. The summed E-state index contributed by atoms with van der Waals surface area (Å²) in [7, 11) is 1.56. The lowest BCUT2D eigenvalue weighted by molar-refractivity contribution is -0.138. The minimum Gasteiger partial charge on any atom is -0.368 e. The maximum Gasteiger partial charge on any atom is 0.416 e. The fraction of sp³-hybridized carbons (Fsp3) is 0.417. The van der Waals surface area contributed by atoms with Gasteiger partial charge in [-0.15, -0.1) is 0 Å². The second-order valence-corrected chi connectivity index (χ2v) is 4.15. The predicted octanol–water partition coefficient (Wildman–Crippen LogP) is 2.01. The molecule has 3 nitrogen and oxygen atoms in total. The summed E-state index contributed by atoms with van der Waals surface area (Å²) in [6.07, 6.45) is -4.40. The summed E-state index contributed by atoms with van der Waals surface area (Å²) in [4.78, 5) is 12.5. The first-order chi connectivity index (χ1) is 8.23. The molecule has 0 saturated carbocycles. The standard InChI is InChI=1S/C12H15F3N2O/c1-8(11(16)18)17(2)7-9-5-3-4-6-10(9)12(13,14)15/h3-6,8H,7H2,1-2H3,(H2,16,18)/t8-/m1/s1. The highest BCUT2D eigenvalue weighted by atomic mass is 19.4. The van der Waals surface area contributed by atoms with E-state index in [1.54, 1.807) is 14.0 Å². The van der Waals surface area contributed by atoms with Crippen molar-refractivity contribution >= 4 is 5.91 Å². The van der Waals surface area contributed by atoms with Crippen LogP contribution < -0.4 is 5.73 Å². The fourth-order valence-corrected chi connectivity index (χ4v) is 1.56.